The summed E-state index contributed by atoms with van der Waals surface area (Å²) < 4.78 is 13.4. The molecule has 0 aliphatic heterocycles. The van der Waals surface area contributed by atoms with Crippen LogP contribution < -0.4 is 5.32 Å². The molecule has 0 spiro atoms. The maximum absolute atomic E-state index is 13.4. The smallest absolute Gasteiger partial charge is 0.338 e. The third kappa shape index (κ3) is 3.27. The summed E-state index contributed by atoms with van der Waals surface area (Å²) in [6, 6.07) is 12.0. The number of H-pyrrole nitrogens is 1. The van der Waals surface area contributed by atoms with Crippen LogP contribution in [0.2, 0.25) is 0 Å². The van der Waals surface area contributed by atoms with Crippen molar-refractivity contribution in [2.45, 2.75) is 13.5 Å². The van der Waals surface area contributed by atoms with Gasteiger partial charge in [0.25, 0.3) is 0 Å². The van der Waals surface area contributed by atoms with E-state index in [2.05, 4.69) is 15.5 Å². The summed E-state index contributed by atoms with van der Waals surface area (Å²) in [5, 5.41) is 19.1. The predicted molar refractivity (Wildman–Crippen MR) is 89.4 cm³/mol. The molecular weight excluding hydrogens is 309 g/mol. The Morgan fingerprint density at radius 3 is 2.71 bits per heavy atom. The Labute approximate surface area is 138 Å². The van der Waals surface area contributed by atoms with Crippen molar-refractivity contribution in [2.75, 3.05) is 5.32 Å². The number of halogens is 1. The topological polar surface area (TPSA) is 78.0 Å². The van der Waals surface area contributed by atoms with Crippen LogP contribution in [-0.2, 0) is 6.54 Å². The summed E-state index contributed by atoms with van der Waals surface area (Å²) in [6.45, 7) is 2.46. The first-order valence-corrected chi connectivity index (χ1v) is 7.40. The molecule has 0 unspecified atom stereocenters. The fourth-order valence-corrected chi connectivity index (χ4v) is 2.41. The summed E-state index contributed by atoms with van der Waals surface area (Å²) in [4.78, 5) is 11.0. The molecule has 122 valence electrons. The summed E-state index contributed by atoms with van der Waals surface area (Å²) >= 11 is 0. The van der Waals surface area contributed by atoms with Crippen molar-refractivity contribution >= 4 is 11.7 Å². The number of benzene rings is 2. The number of carboxylic acids is 1. The number of aromatic carboxylic acids is 1. The van der Waals surface area contributed by atoms with Crippen LogP contribution in [0.4, 0.5) is 10.1 Å². The summed E-state index contributed by atoms with van der Waals surface area (Å²) in [5.41, 5.74) is 4.18. The second-order valence-corrected chi connectivity index (χ2v) is 5.49. The largest absolute Gasteiger partial charge is 0.478 e. The van der Waals surface area contributed by atoms with Crippen molar-refractivity contribution in [1.29, 1.82) is 0 Å². The monoisotopic (exact) mass is 325 g/mol. The average Bonchev–Trinajstić information content (AvgIpc) is 3.03. The minimum absolute atomic E-state index is 0.356. The molecule has 1 heterocycles. The third-order valence-electron chi connectivity index (χ3n) is 3.74. The highest BCUT2D eigenvalue weighted by molar-refractivity contribution is 5.89. The highest BCUT2D eigenvalue weighted by atomic mass is 19.1. The lowest BCUT2D eigenvalue weighted by atomic mass is 10.1. The van der Waals surface area contributed by atoms with Crippen molar-refractivity contribution in [2.24, 2.45) is 0 Å². The quantitative estimate of drug-likeness (QED) is 0.666. The first-order valence-electron chi connectivity index (χ1n) is 7.40. The molecule has 3 N–H and O–H groups in total. The summed E-state index contributed by atoms with van der Waals surface area (Å²) in [5.74, 6) is -2.04. The Morgan fingerprint density at radius 1 is 1.25 bits per heavy atom. The SMILES string of the molecule is Cc1ccc(-c2[nH]ncc2CNc2ccc(F)c(C(=O)O)c2)cc1. The van der Waals surface area contributed by atoms with Gasteiger partial charge < -0.3 is 10.4 Å². The summed E-state index contributed by atoms with van der Waals surface area (Å²) in [7, 11) is 0. The van der Waals surface area contributed by atoms with E-state index >= 15 is 0 Å². The molecular formula is C18H16FN3O2. The number of nitrogens with zero attached hydrogens (tertiary/aromatic N) is 1. The van der Waals surface area contributed by atoms with Crippen LogP contribution in [0.25, 0.3) is 11.3 Å². The van der Waals surface area contributed by atoms with E-state index in [1.165, 1.54) is 17.7 Å². The van der Waals surface area contributed by atoms with Crippen molar-refractivity contribution in [3.05, 3.63) is 71.2 Å². The standard InChI is InChI=1S/C18H16FN3O2/c1-11-2-4-12(5-3-11)17-13(10-21-22-17)9-20-14-6-7-16(19)15(8-14)18(23)24/h2-8,10,20H,9H2,1H3,(H,21,22)(H,23,24). The zero-order chi connectivity index (χ0) is 17.1. The van der Waals surface area contributed by atoms with E-state index in [-0.39, 0.29) is 5.56 Å². The number of aryl methyl sites for hydroxylation is 1. The highest BCUT2D eigenvalue weighted by Crippen LogP contribution is 2.23. The van der Waals surface area contributed by atoms with Gasteiger partial charge in [-0.3, -0.25) is 5.10 Å². The Hall–Kier alpha value is -3.15. The zero-order valence-corrected chi connectivity index (χ0v) is 13.0. The minimum atomic E-state index is -1.29. The van der Waals surface area contributed by atoms with Gasteiger partial charge in [0, 0.05) is 17.8 Å². The molecule has 24 heavy (non-hydrogen) atoms. The van der Waals surface area contributed by atoms with E-state index < -0.39 is 11.8 Å². The van der Waals surface area contributed by atoms with Crippen molar-refractivity contribution in [1.82, 2.24) is 10.2 Å². The molecule has 0 aliphatic carbocycles. The van der Waals surface area contributed by atoms with Crippen molar-refractivity contribution in [3.63, 3.8) is 0 Å². The fourth-order valence-electron chi connectivity index (χ4n) is 2.41. The van der Waals surface area contributed by atoms with Gasteiger partial charge in [-0.25, -0.2) is 9.18 Å². The summed E-state index contributed by atoms with van der Waals surface area (Å²) in [6.07, 6.45) is 1.71. The number of carboxylic acid groups (broad SMARTS) is 1. The van der Waals surface area contributed by atoms with E-state index in [1.807, 2.05) is 31.2 Å². The van der Waals surface area contributed by atoms with Gasteiger partial charge in [0.2, 0.25) is 0 Å². The third-order valence-corrected chi connectivity index (χ3v) is 3.74. The van der Waals surface area contributed by atoms with Gasteiger partial charge in [-0.1, -0.05) is 29.8 Å². The van der Waals surface area contributed by atoms with E-state index in [1.54, 1.807) is 6.20 Å². The van der Waals surface area contributed by atoms with Gasteiger partial charge in [0.1, 0.15) is 5.82 Å². The maximum atomic E-state index is 13.4. The van der Waals surface area contributed by atoms with Gasteiger partial charge in [-0.2, -0.15) is 5.10 Å². The molecule has 2 aromatic carbocycles. The van der Waals surface area contributed by atoms with Gasteiger partial charge in [0.05, 0.1) is 17.5 Å². The molecule has 1 aromatic heterocycles. The zero-order valence-electron chi connectivity index (χ0n) is 13.0. The van der Waals surface area contributed by atoms with Crippen LogP contribution in [0.15, 0.2) is 48.7 Å². The molecule has 3 aromatic rings. The first kappa shape index (κ1) is 15.7. The first-order chi connectivity index (χ1) is 11.5. The minimum Gasteiger partial charge on any atom is -0.478 e. The second kappa shape index (κ2) is 6.54. The number of carbonyl (C=O) groups is 1. The predicted octanol–water partition coefficient (Wildman–Crippen LogP) is 3.83. The van der Waals surface area contributed by atoms with Crippen LogP contribution in [0.5, 0.6) is 0 Å². The van der Waals surface area contributed by atoms with Crippen LogP contribution in [-0.4, -0.2) is 21.3 Å². The molecule has 3 rings (SSSR count). The van der Waals surface area contributed by atoms with Crippen LogP contribution in [0, 0.1) is 12.7 Å². The number of nitrogens with one attached hydrogen (secondary N) is 2. The number of rotatable bonds is 5. The second-order valence-electron chi connectivity index (χ2n) is 5.49. The number of aromatic nitrogens is 2. The van der Waals surface area contributed by atoms with Crippen LogP contribution in [0.1, 0.15) is 21.5 Å². The van der Waals surface area contributed by atoms with Crippen molar-refractivity contribution in [3.8, 4) is 11.3 Å². The molecule has 0 saturated heterocycles. The number of aromatic amines is 1. The fraction of sp³-hybridized carbons (Fsp3) is 0.111. The van der Waals surface area contributed by atoms with E-state index in [9.17, 15) is 9.18 Å². The molecule has 5 nitrogen and oxygen atoms in total. The molecule has 0 atom stereocenters. The molecule has 0 fully saturated rings. The lowest BCUT2D eigenvalue weighted by molar-refractivity contribution is 0.0692. The maximum Gasteiger partial charge on any atom is 0.338 e. The lowest BCUT2D eigenvalue weighted by Crippen LogP contribution is -2.04. The molecule has 0 radical (unpaired) electrons. The lowest BCUT2D eigenvalue weighted by Gasteiger charge is -2.08. The molecule has 0 amide bonds. The van der Waals surface area contributed by atoms with Gasteiger partial charge in [-0.05, 0) is 30.7 Å². The van der Waals surface area contributed by atoms with E-state index in [4.69, 9.17) is 5.11 Å². The molecule has 0 aliphatic rings. The Kier molecular flexibility index (Phi) is 4.29. The van der Waals surface area contributed by atoms with E-state index in [0.29, 0.717) is 12.2 Å². The van der Waals surface area contributed by atoms with Crippen LogP contribution >= 0.6 is 0 Å². The Bertz CT molecular complexity index is 872. The van der Waals surface area contributed by atoms with Crippen molar-refractivity contribution < 1.29 is 14.3 Å². The number of hydrogen-bond acceptors (Lipinski definition) is 3. The number of anilines is 1. The highest BCUT2D eigenvalue weighted by Gasteiger charge is 2.12. The molecule has 6 heteroatoms. The van der Waals surface area contributed by atoms with E-state index in [0.717, 1.165) is 22.9 Å². The van der Waals surface area contributed by atoms with Gasteiger partial charge >= 0.3 is 5.97 Å². The average molecular weight is 325 g/mol. The molecule has 0 saturated carbocycles. The molecule has 0 bridgehead atoms. The van der Waals surface area contributed by atoms with Gasteiger partial charge in [-0.15, -0.1) is 0 Å². The van der Waals surface area contributed by atoms with Crippen LogP contribution in [0.3, 0.4) is 0 Å². The normalized spacial score (nSPS) is 10.6. The Balaban J connectivity index is 1.79. The van der Waals surface area contributed by atoms with Gasteiger partial charge in [0.15, 0.2) is 0 Å². The number of hydrogen-bond donors (Lipinski definition) is 3. The Morgan fingerprint density at radius 2 is 2.00 bits per heavy atom.